The summed E-state index contributed by atoms with van der Waals surface area (Å²) in [5, 5.41) is 0. The van der Waals surface area contributed by atoms with Crippen molar-refractivity contribution in [2.75, 3.05) is 0 Å². The minimum atomic E-state index is 0.253. The number of nitrogens with two attached hydrogens (primary N) is 1. The fraction of sp³-hybridized carbons (Fsp3) is 1.00. The van der Waals surface area contributed by atoms with Gasteiger partial charge in [0.25, 0.3) is 0 Å². The second kappa shape index (κ2) is 4.83. The zero-order chi connectivity index (χ0) is 8.97. The van der Waals surface area contributed by atoms with Crippen molar-refractivity contribution < 1.29 is 4.84 Å². The van der Waals surface area contributed by atoms with E-state index in [2.05, 4.69) is 13.8 Å². The molecule has 0 aromatic heterocycles. The molecule has 0 saturated heterocycles. The van der Waals surface area contributed by atoms with Crippen molar-refractivity contribution in [2.45, 2.75) is 52.1 Å². The smallest absolute Gasteiger partial charge is 0.0787 e. The van der Waals surface area contributed by atoms with Crippen molar-refractivity contribution in [1.82, 2.24) is 0 Å². The van der Waals surface area contributed by atoms with E-state index in [0.29, 0.717) is 5.92 Å². The molecule has 1 saturated carbocycles. The quantitative estimate of drug-likeness (QED) is 0.662. The van der Waals surface area contributed by atoms with E-state index in [1.807, 2.05) is 0 Å². The molecule has 72 valence electrons. The van der Waals surface area contributed by atoms with Crippen LogP contribution in [0.5, 0.6) is 0 Å². The van der Waals surface area contributed by atoms with Gasteiger partial charge >= 0.3 is 0 Å². The highest BCUT2D eigenvalue weighted by atomic mass is 16.6. The number of rotatable bonds is 3. The molecule has 0 heterocycles. The minimum Gasteiger partial charge on any atom is -0.301 e. The monoisotopic (exact) mass is 171 g/mol. The summed E-state index contributed by atoms with van der Waals surface area (Å²) in [7, 11) is 0. The first-order valence-corrected chi connectivity index (χ1v) is 5.13. The lowest BCUT2D eigenvalue weighted by Crippen LogP contribution is -2.27. The van der Waals surface area contributed by atoms with Crippen LogP contribution >= 0.6 is 0 Å². The third-order valence-corrected chi connectivity index (χ3v) is 3.35. The van der Waals surface area contributed by atoms with Crippen LogP contribution in [0, 0.1) is 11.8 Å². The maximum Gasteiger partial charge on any atom is 0.0787 e. The third kappa shape index (κ3) is 2.46. The van der Waals surface area contributed by atoms with Gasteiger partial charge in [-0.25, -0.2) is 5.90 Å². The van der Waals surface area contributed by atoms with E-state index < -0.39 is 0 Å². The molecule has 0 radical (unpaired) electrons. The Morgan fingerprint density at radius 1 is 1.33 bits per heavy atom. The molecule has 0 bridgehead atoms. The largest absolute Gasteiger partial charge is 0.301 e. The predicted octanol–water partition coefficient (Wildman–Crippen LogP) is 2.48. The number of hydrogen-bond donors (Lipinski definition) is 1. The number of hydrogen-bond acceptors (Lipinski definition) is 2. The summed E-state index contributed by atoms with van der Waals surface area (Å²) in [5.41, 5.74) is 0. The highest BCUT2D eigenvalue weighted by Crippen LogP contribution is 2.32. The molecular formula is C10H21NO. The SMILES string of the molecule is CCC1CCC(C(C)ON)CC1. The van der Waals surface area contributed by atoms with Gasteiger partial charge in [-0.1, -0.05) is 26.2 Å². The zero-order valence-electron chi connectivity index (χ0n) is 8.25. The summed E-state index contributed by atoms with van der Waals surface area (Å²) in [6.07, 6.45) is 6.94. The van der Waals surface area contributed by atoms with Crippen molar-refractivity contribution >= 4 is 0 Å². The molecule has 2 heteroatoms. The van der Waals surface area contributed by atoms with E-state index in [0.717, 1.165) is 5.92 Å². The van der Waals surface area contributed by atoms with Gasteiger partial charge < -0.3 is 4.84 Å². The van der Waals surface area contributed by atoms with E-state index >= 15 is 0 Å². The first-order chi connectivity index (χ1) is 5.77. The van der Waals surface area contributed by atoms with E-state index in [1.165, 1.54) is 32.1 Å². The topological polar surface area (TPSA) is 35.2 Å². The molecule has 0 aliphatic heterocycles. The van der Waals surface area contributed by atoms with E-state index in [-0.39, 0.29) is 6.10 Å². The van der Waals surface area contributed by atoms with Crippen LogP contribution in [0.3, 0.4) is 0 Å². The van der Waals surface area contributed by atoms with Crippen molar-refractivity contribution in [3.63, 3.8) is 0 Å². The van der Waals surface area contributed by atoms with Crippen molar-refractivity contribution in [2.24, 2.45) is 17.7 Å². The van der Waals surface area contributed by atoms with Gasteiger partial charge in [-0.2, -0.15) is 0 Å². The van der Waals surface area contributed by atoms with E-state index in [4.69, 9.17) is 10.7 Å². The van der Waals surface area contributed by atoms with Crippen molar-refractivity contribution in [1.29, 1.82) is 0 Å². The predicted molar refractivity (Wildman–Crippen MR) is 50.5 cm³/mol. The summed E-state index contributed by atoms with van der Waals surface area (Å²) in [4.78, 5) is 4.86. The highest BCUT2D eigenvalue weighted by Gasteiger charge is 2.24. The second-order valence-corrected chi connectivity index (χ2v) is 4.03. The molecule has 2 N–H and O–H groups in total. The van der Waals surface area contributed by atoms with Crippen LogP contribution in [0.15, 0.2) is 0 Å². The molecule has 2 nitrogen and oxygen atoms in total. The molecule has 0 aromatic carbocycles. The van der Waals surface area contributed by atoms with Gasteiger partial charge in [0, 0.05) is 0 Å². The molecule has 0 aromatic rings. The Hall–Kier alpha value is -0.0800. The van der Waals surface area contributed by atoms with Crippen LogP contribution in [0.2, 0.25) is 0 Å². The lowest BCUT2D eigenvalue weighted by Gasteiger charge is -2.30. The van der Waals surface area contributed by atoms with Gasteiger partial charge in [-0.3, -0.25) is 0 Å². The van der Waals surface area contributed by atoms with Crippen molar-refractivity contribution in [3.05, 3.63) is 0 Å². The normalized spacial score (nSPS) is 33.2. The van der Waals surface area contributed by atoms with Gasteiger partial charge in [0.05, 0.1) is 6.10 Å². The van der Waals surface area contributed by atoms with Gasteiger partial charge in [0.1, 0.15) is 0 Å². The Labute approximate surface area is 75.4 Å². The fourth-order valence-corrected chi connectivity index (χ4v) is 2.18. The zero-order valence-corrected chi connectivity index (χ0v) is 8.25. The van der Waals surface area contributed by atoms with Gasteiger partial charge in [0.15, 0.2) is 0 Å². The van der Waals surface area contributed by atoms with Crippen LogP contribution in [0.1, 0.15) is 46.0 Å². The highest BCUT2D eigenvalue weighted by molar-refractivity contribution is 4.75. The maximum absolute atomic E-state index is 5.17. The molecular weight excluding hydrogens is 150 g/mol. The maximum atomic E-state index is 5.17. The summed E-state index contributed by atoms with van der Waals surface area (Å²) in [6.45, 7) is 4.37. The second-order valence-electron chi connectivity index (χ2n) is 4.03. The van der Waals surface area contributed by atoms with Crippen LogP contribution in [0.4, 0.5) is 0 Å². The minimum absolute atomic E-state index is 0.253. The fourth-order valence-electron chi connectivity index (χ4n) is 2.18. The Kier molecular flexibility index (Phi) is 4.02. The molecule has 0 spiro atoms. The molecule has 0 amide bonds. The first kappa shape index (κ1) is 10.0. The lowest BCUT2D eigenvalue weighted by molar-refractivity contribution is 0.00647. The molecule has 1 rings (SSSR count). The van der Waals surface area contributed by atoms with Crippen LogP contribution in [-0.2, 0) is 4.84 Å². The molecule has 1 aliphatic carbocycles. The Bertz CT molecular complexity index is 119. The van der Waals surface area contributed by atoms with Gasteiger partial charge in [-0.15, -0.1) is 0 Å². The van der Waals surface area contributed by atoms with Crippen LogP contribution in [-0.4, -0.2) is 6.10 Å². The van der Waals surface area contributed by atoms with Gasteiger partial charge in [0.2, 0.25) is 0 Å². The first-order valence-electron chi connectivity index (χ1n) is 5.13. The molecule has 1 fully saturated rings. The Balaban J connectivity index is 2.25. The van der Waals surface area contributed by atoms with Crippen LogP contribution < -0.4 is 5.90 Å². The lowest BCUT2D eigenvalue weighted by atomic mass is 9.79. The summed E-state index contributed by atoms with van der Waals surface area (Å²) < 4.78 is 0. The summed E-state index contributed by atoms with van der Waals surface area (Å²) in [5.74, 6) is 6.84. The molecule has 1 aliphatic rings. The average molecular weight is 171 g/mol. The standard InChI is InChI=1S/C10H21NO/c1-3-9-4-6-10(7-5-9)8(2)12-11/h8-10H,3-7,11H2,1-2H3. The average Bonchev–Trinajstić information content (AvgIpc) is 2.17. The van der Waals surface area contributed by atoms with E-state index in [1.54, 1.807) is 0 Å². The summed E-state index contributed by atoms with van der Waals surface area (Å²) in [6, 6.07) is 0. The van der Waals surface area contributed by atoms with E-state index in [9.17, 15) is 0 Å². The molecule has 12 heavy (non-hydrogen) atoms. The Morgan fingerprint density at radius 2 is 1.92 bits per heavy atom. The van der Waals surface area contributed by atoms with Crippen LogP contribution in [0.25, 0.3) is 0 Å². The molecule has 1 atom stereocenters. The third-order valence-electron chi connectivity index (χ3n) is 3.35. The Morgan fingerprint density at radius 3 is 2.33 bits per heavy atom. The van der Waals surface area contributed by atoms with Crippen molar-refractivity contribution in [3.8, 4) is 0 Å². The van der Waals surface area contributed by atoms with Gasteiger partial charge in [-0.05, 0) is 31.6 Å². The molecule has 1 unspecified atom stereocenters. The summed E-state index contributed by atoms with van der Waals surface area (Å²) >= 11 is 0.